The molecule has 1 heterocycles. The van der Waals surface area contributed by atoms with Crippen LogP contribution in [0, 0.1) is 5.82 Å². The van der Waals surface area contributed by atoms with E-state index in [1.807, 2.05) is 0 Å². The summed E-state index contributed by atoms with van der Waals surface area (Å²) in [4.78, 5) is 0. The fourth-order valence-corrected chi connectivity index (χ4v) is 3.16. The van der Waals surface area contributed by atoms with E-state index in [9.17, 15) is 4.39 Å². The Labute approximate surface area is 129 Å². The summed E-state index contributed by atoms with van der Waals surface area (Å²) in [5, 5.41) is 7.12. The van der Waals surface area contributed by atoms with E-state index in [0.717, 1.165) is 23.0 Å². The number of hydrogen-bond acceptors (Lipinski definition) is 2. The lowest BCUT2D eigenvalue weighted by Crippen LogP contribution is -2.36. The molecule has 1 saturated heterocycles. The normalized spacial score (nSPS) is 21.4. The molecule has 1 aliphatic rings. The van der Waals surface area contributed by atoms with Crippen molar-refractivity contribution in [2.75, 3.05) is 6.54 Å². The highest BCUT2D eigenvalue weighted by molar-refractivity contribution is 9.10. The first-order valence-electron chi connectivity index (χ1n) is 7.56. The van der Waals surface area contributed by atoms with Gasteiger partial charge in [0.05, 0.1) is 0 Å². The maximum Gasteiger partial charge on any atom is 0.123 e. The minimum Gasteiger partial charge on any atom is -0.314 e. The van der Waals surface area contributed by atoms with E-state index < -0.39 is 0 Å². The second kappa shape index (κ2) is 8.11. The summed E-state index contributed by atoms with van der Waals surface area (Å²) in [6.45, 7) is 4.05. The quantitative estimate of drug-likeness (QED) is 0.845. The highest BCUT2D eigenvalue weighted by Gasteiger charge is 2.14. The molecule has 1 fully saturated rings. The molecule has 1 aromatic rings. The molecule has 112 valence electrons. The van der Waals surface area contributed by atoms with Crippen LogP contribution in [0.15, 0.2) is 22.7 Å². The van der Waals surface area contributed by atoms with E-state index in [4.69, 9.17) is 0 Å². The van der Waals surface area contributed by atoms with Crippen molar-refractivity contribution in [3.63, 3.8) is 0 Å². The van der Waals surface area contributed by atoms with Gasteiger partial charge in [-0.3, -0.25) is 0 Å². The average Bonchev–Trinajstić information content (AvgIpc) is 2.68. The topological polar surface area (TPSA) is 24.1 Å². The molecular weight excluding hydrogens is 319 g/mol. The molecule has 20 heavy (non-hydrogen) atoms. The number of nitrogens with one attached hydrogen (secondary N) is 2. The van der Waals surface area contributed by atoms with Crippen LogP contribution in [0.3, 0.4) is 0 Å². The van der Waals surface area contributed by atoms with Gasteiger partial charge in [0.1, 0.15) is 5.82 Å². The van der Waals surface area contributed by atoms with Gasteiger partial charge in [0.15, 0.2) is 0 Å². The Hall–Kier alpha value is -0.450. The third kappa shape index (κ3) is 5.15. The first kappa shape index (κ1) is 15.9. The minimum absolute atomic E-state index is 0.178. The largest absolute Gasteiger partial charge is 0.314 e. The summed E-state index contributed by atoms with van der Waals surface area (Å²) < 4.78 is 14.2. The van der Waals surface area contributed by atoms with Crippen LogP contribution in [0.2, 0.25) is 0 Å². The summed E-state index contributed by atoms with van der Waals surface area (Å²) in [6, 6.07) is 5.89. The molecule has 0 saturated carbocycles. The van der Waals surface area contributed by atoms with Crippen molar-refractivity contribution >= 4 is 15.9 Å². The highest BCUT2D eigenvalue weighted by Crippen LogP contribution is 2.18. The molecule has 2 nitrogen and oxygen atoms in total. The van der Waals surface area contributed by atoms with E-state index in [1.54, 1.807) is 12.1 Å². The van der Waals surface area contributed by atoms with E-state index >= 15 is 0 Å². The number of hydrogen-bond donors (Lipinski definition) is 2. The van der Waals surface area contributed by atoms with Gasteiger partial charge >= 0.3 is 0 Å². The van der Waals surface area contributed by atoms with Gasteiger partial charge in [-0.15, -0.1) is 0 Å². The fourth-order valence-electron chi connectivity index (χ4n) is 2.78. The molecule has 2 rings (SSSR count). The van der Waals surface area contributed by atoms with E-state index in [-0.39, 0.29) is 5.82 Å². The lowest BCUT2D eigenvalue weighted by molar-refractivity contribution is 0.402. The molecule has 2 unspecified atom stereocenters. The zero-order chi connectivity index (χ0) is 14.4. The van der Waals surface area contributed by atoms with Crippen LogP contribution in [0.1, 0.15) is 44.6 Å². The summed E-state index contributed by atoms with van der Waals surface area (Å²) in [6.07, 6.45) is 6.39. The lowest BCUT2D eigenvalue weighted by Gasteiger charge is -2.21. The summed E-state index contributed by atoms with van der Waals surface area (Å²) in [7, 11) is 0. The SMILES string of the molecule is CC(CC1CCCCCN1)NCc1cc(F)ccc1Br. The van der Waals surface area contributed by atoms with Crippen molar-refractivity contribution in [1.82, 2.24) is 10.6 Å². The molecule has 4 heteroatoms. The predicted octanol–water partition coefficient (Wildman–Crippen LogP) is 3.99. The van der Waals surface area contributed by atoms with E-state index in [1.165, 1.54) is 31.7 Å². The van der Waals surface area contributed by atoms with Gasteiger partial charge in [0.2, 0.25) is 0 Å². The molecule has 2 N–H and O–H groups in total. The van der Waals surface area contributed by atoms with Crippen LogP contribution in [-0.2, 0) is 6.54 Å². The Morgan fingerprint density at radius 2 is 2.25 bits per heavy atom. The van der Waals surface area contributed by atoms with Crippen molar-refractivity contribution < 1.29 is 4.39 Å². The monoisotopic (exact) mass is 342 g/mol. The third-order valence-corrected chi connectivity index (χ3v) is 4.72. The van der Waals surface area contributed by atoms with Crippen LogP contribution in [-0.4, -0.2) is 18.6 Å². The van der Waals surface area contributed by atoms with Crippen molar-refractivity contribution in [3.8, 4) is 0 Å². The van der Waals surface area contributed by atoms with E-state index in [2.05, 4.69) is 33.5 Å². The minimum atomic E-state index is -0.178. The van der Waals surface area contributed by atoms with Gasteiger partial charge in [-0.25, -0.2) is 4.39 Å². The van der Waals surface area contributed by atoms with Crippen molar-refractivity contribution in [3.05, 3.63) is 34.1 Å². The highest BCUT2D eigenvalue weighted by atomic mass is 79.9. The van der Waals surface area contributed by atoms with Crippen molar-refractivity contribution in [2.45, 2.75) is 57.7 Å². The van der Waals surface area contributed by atoms with Crippen molar-refractivity contribution in [2.24, 2.45) is 0 Å². The number of rotatable bonds is 5. The zero-order valence-electron chi connectivity index (χ0n) is 12.1. The van der Waals surface area contributed by atoms with Gasteiger partial charge in [0, 0.05) is 23.1 Å². The second-order valence-corrected chi connectivity index (χ2v) is 6.61. The maximum absolute atomic E-state index is 13.2. The molecule has 0 aromatic heterocycles. The third-order valence-electron chi connectivity index (χ3n) is 3.95. The molecule has 0 amide bonds. The lowest BCUT2D eigenvalue weighted by atomic mass is 10.0. The maximum atomic E-state index is 13.2. The Morgan fingerprint density at radius 1 is 1.40 bits per heavy atom. The van der Waals surface area contributed by atoms with Crippen LogP contribution < -0.4 is 10.6 Å². The Balaban J connectivity index is 1.79. The van der Waals surface area contributed by atoms with Crippen LogP contribution in [0.5, 0.6) is 0 Å². The molecular formula is C16H24BrFN2. The van der Waals surface area contributed by atoms with Gasteiger partial charge in [-0.1, -0.05) is 28.8 Å². The Morgan fingerprint density at radius 3 is 3.10 bits per heavy atom. The molecule has 1 aliphatic heterocycles. The molecule has 1 aromatic carbocycles. The second-order valence-electron chi connectivity index (χ2n) is 5.75. The molecule has 2 atom stereocenters. The predicted molar refractivity (Wildman–Crippen MR) is 85.3 cm³/mol. The summed E-state index contributed by atoms with van der Waals surface area (Å²) in [5.74, 6) is -0.178. The van der Waals surface area contributed by atoms with Crippen LogP contribution in [0.4, 0.5) is 4.39 Å². The van der Waals surface area contributed by atoms with Crippen LogP contribution >= 0.6 is 15.9 Å². The van der Waals surface area contributed by atoms with Crippen molar-refractivity contribution in [1.29, 1.82) is 0 Å². The smallest absolute Gasteiger partial charge is 0.123 e. The fraction of sp³-hybridized carbons (Fsp3) is 0.625. The first-order chi connectivity index (χ1) is 9.65. The Kier molecular flexibility index (Phi) is 6.46. The number of benzene rings is 1. The molecule has 0 spiro atoms. The zero-order valence-corrected chi connectivity index (χ0v) is 13.7. The first-order valence-corrected chi connectivity index (χ1v) is 8.35. The summed E-state index contributed by atoms with van der Waals surface area (Å²) >= 11 is 3.47. The van der Waals surface area contributed by atoms with E-state index in [0.29, 0.717) is 18.6 Å². The number of halogens is 2. The standard InChI is InChI=1S/C16H24BrFN2/c1-12(9-15-5-3-2-4-8-19-15)20-11-13-10-14(18)6-7-16(13)17/h6-7,10,12,15,19-20H,2-5,8-9,11H2,1H3. The Bertz CT molecular complexity index is 417. The van der Waals surface area contributed by atoms with Gasteiger partial charge in [-0.05, 0) is 56.5 Å². The summed E-state index contributed by atoms with van der Waals surface area (Å²) in [5.41, 5.74) is 0.977. The van der Waals surface area contributed by atoms with Gasteiger partial charge < -0.3 is 10.6 Å². The van der Waals surface area contributed by atoms with Gasteiger partial charge in [-0.2, -0.15) is 0 Å². The van der Waals surface area contributed by atoms with Gasteiger partial charge in [0.25, 0.3) is 0 Å². The molecule has 0 radical (unpaired) electrons. The average molecular weight is 343 g/mol. The van der Waals surface area contributed by atoms with Crippen LogP contribution in [0.25, 0.3) is 0 Å². The molecule has 0 aliphatic carbocycles. The molecule has 0 bridgehead atoms.